The molecule has 0 aliphatic heterocycles. The van der Waals surface area contributed by atoms with Crippen molar-refractivity contribution in [3.8, 4) is 0 Å². The van der Waals surface area contributed by atoms with Crippen LogP contribution in [0.3, 0.4) is 0 Å². The summed E-state index contributed by atoms with van der Waals surface area (Å²) >= 11 is 11.3. The highest BCUT2D eigenvalue weighted by molar-refractivity contribution is 6.40. The fourth-order valence-electron chi connectivity index (χ4n) is 1.30. The van der Waals surface area contributed by atoms with E-state index in [1.807, 2.05) is 20.8 Å². The monoisotopic (exact) mass is 291 g/mol. The number of nitrogens with zero attached hydrogens (tertiary/aromatic N) is 2. The van der Waals surface area contributed by atoms with E-state index in [1.54, 1.807) is 6.92 Å². The molecule has 1 aromatic heterocycles. The number of carbonyl (C=O) groups is 1. The molecule has 0 bridgehead atoms. The van der Waals surface area contributed by atoms with Crippen LogP contribution in [0.2, 0.25) is 10.2 Å². The molecule has 0 fully saturated rings. The van der Waals surface area contributed by atoms with E-state index in [9.17, 15) is 9.59 Å². The Kier molecular flexibility index (Phi) is 4.40. The third-order valence-corrected chi connectivity index (χ3v) is 2.92. The molecule has 0 radical (unpaired) electrons. The Hall–Kier alpha value is -1.07. The minimum atomic E-state index is -0.709. The highest BCUT2D eigenvalue weighted by Crippen LogP contribution is 2.15. The molecule has 0 saturated carbocycles. The Morgan fingerprint density at radius 3 is 2.50 bits per heavy atom. The molecule has 1 atom stereocenters. The number of halogens is 2. The smallest absolute Gasteiger partial charge is 0.274 e. The summed E-state index contributed by atoms with van der Waals surface area (Å²) in [6, 6.07) is -0.709. The number of hydrogen-bond donors (Lipinski definition) is 1. The first-order valence-corrected chi connectivity index (χ1v) is 6.13. The van der Waals surface area contributed by atoms with Crippen LogP contribution in [0.5, 0.6) is 0 Å². The van der Waals surface area contributed by atoms with Crippen molar-refractivity contribution < 1.29 is 4.79 Å². The lowest BCUT2D eigenvalue weighted by Gasteiger charge is -2.24. The molecule has 1 amide bonds. The number of nitrogens with one attached hydrogen (secondary N) is 1. The van der Waals surface area contributed by atoms with Crippen molar-refractivity contribution >= 4 is 29.1 Å². The van der Waals surface area contributed by atoms with Gasteiger partial charge in [0.25, 0.3) is 5.56 Å². The zero-order valence-electron chi connectivity index (χ0n) is 10.6. The molecule has 0 spiro atoms. The summed E-state index contributed by atoms with van der Waals surface area (Å²) in [4.78, 5) is 27.5. The Labute approximate surface area is 115 Å². The Morgan fingerprint density at radius 2 is 2.00 bits per heavy atom. The third-order valence-electron chi connectivity index (χ3n) is 2.19. The van der Waals surface area contributed by atoms with Crippen molar-refractivity contribution in [3.63, 3.8) is 0 Å². The lowest BCUT2D eigenvalue weighted by atomic mass is 10.1. The average molecular weight is 292 g/mol. The van der Waals surface area contributed by atoms with E-state index >= 15 is 0 Å². The van der Waals surface area contributed by atoms with Crippen LogP contribution in [0.15, 0.2) is 11.1 Å². The van der Waals surface area contributed by atoms with Gasteiger partial charge in [-0.3, -0.25) is 14.2 Å². The molecule has 0 aliphatic rings. The van der Waals surface area contributed by atoms with E-state index in [0.29, 0.717) is 0 Å². The predicted molar refractivity (Wildman–Crippen MR) is 71.1 cm³/mol. The SMILES string of the molecule is CC(C(=O)NC(C)(C)C)n1cnc(Cl)c(Cl)c1=O. The second-order valence-electron chi connectivity index (χ2n) is 4.98. The topological polar surface area (TPSA) is 64.0 Å². The van der Waals surface area contributed by atoms with Gasteiger partial charge in [-0.1, -0.05) is 23.2 Å². The van der Waals surface area contributed by atoms with Crippen LogP contribution in [0, 0.1) is 0 Å². The van der Waals surface area contributed by atoms with Gasteiger partial charge in [0.1, 0.15) is 17.4 Å². The normalized spacial score (nSPS) is 13.2. The molecule has 1 N–H and O–H groups in total. The fraction of sp³-hybridized carbons (Fsp3) is 0.545. The molecule has 5 nitrogen and oxygen atoms in total. The Morgan fingerprint density at radius 1 is 1.44 bits per heavy atom. The van der Waals surface area contributed by atoms with Gasteiger partial charge in [0.15, 0.2) is 5.15 Å². The molecular formula is C11H15Cl2N3O2. The van der Waals surface area contributed by atoms with Gasteiger partial charge in [0, 0.05) is 5.54 Å². The first kappa shape index (κ1) is 15.0. The highest BCUT2D eigenvalue weighted by Gasteiger charge is 2.22. The molecule has 7 heteroatoms. The summed E-state index contributed by atoms with van der Waals surface area (Å²) < 4.78 is 1.15. The van der Waals surface area contributed by atoms with Gasteiger partial charge in [-0.25, -0.2) is 4.98 Å². The van der Waals surface area contributed by atoms with Gasteiger partial charge in [-0.05, 0) is 27.7 Å². The van der Waals surface area contributed by atoms with Crippen molar-refractivity contribution in [2.45, 2.75) is 39.3 Å². The van der Waals surface area contributed by atoms with Crippen LogP contribution in [0.4, 0.5) is 0 Å². The summed E-state index contributed by atoms with van der Waals surface area (Å²) in [7, 11) is 0. The van der Waals surface area contributed by atoms with E-state index in [2.05, 4.69) is 10.3 Å². The molecule has 1 unspecified atom stereocenters. The van der Waals surface area contributed by atoms with Gasteiger partial charge in [0.2, 0.25) is 5.91 Å². The molecule has 0 aliphatic carbocycles. The van der Waals surface area contributed by atoms with Crippen LogP contribution >= 0.6 is 23.2 Å². The quantitative estimate of drug-likeness (QED) is 0.848. The van der Waals surface area contributed by atoms with Gasteiger partial charge in [-0.2, -0.15) is 0 Å². The lowest BCUT2D eigenvalue weighted by Crippen LogP contribution is -2.45. The minimum Gasteiger partial charge on any atom is -0.350 e. The van der Waals surface area contributed by atoms with Crippen molar-refractivity contribution in [3.05, 3.63) is 26.9 Å². The van der Waals surface area contributed by atoms with Gasteiger partial charge in [0.05, 0.1) is 0 Å². The average Bonchev–Trinajstić information content (AvgIpc) is 2.23. The molecule has 100 valence electrons. The number of aromatic nitrogens is 2. The molecule has 0 saturated heterocycles. The highest BCUT2D eigenvalue weighted by atomic mass is 35.5. The van der Waals surface area contributed by atoms with E-state index in [0.717, 1.165) is 4.57 Å². The van der Waals surface area contributed by atoms with Crippen LogP contribution in [0.25, 0.3) is 0 Å². The molecule has 18 heavy (non-hydrogen) atoms. The second kappa shape index (κ2) is 5.28. The third kappa shape index (κ3) is 3.46. The van der Waals surface area contributed by atoms with Crippen LogP contribution in [-0.4, -0.2) is 21.0 Å². The molecular weight excluding hydrogens is 277 g/mol. The van der Waals surface area contributed by atoms with E-state index in [4.69, 9.17) is 23.2 Å². The summed E-state index contributed by atoms with van der Waals surface area (Å²) in [6.45, 7) is 7.16. The maximum absolute atomic E-state index is 11.9. The van der Waals surface area contributed by atoms with Crippen molar-refractivity contribution in [1.82, 2.24) is 14.9 Å². The number of rotatable bonds is 2. The van der Waals surface area contributed by atoms with Crippen LogP contribution < -0.4 is 10.9 Å². The molecule has 1 rings (SSSR count). The predicted octanol–water partition coefficient (Wildman–Crippen LogP) is 2.03. The van der Waals surface area contributed by atoms with Crippen LogP contribution in [-0.2, 0) is 4.79 Å². The molecule has 1 aromatic rings. The second-order valence-corrected chi connectivity index (χ2v) is 5.71. The molecule has 0 aromatic carbocycles. The first-order valence-electron chi connectivity index (χ1n) is 5.37. The lowest BCUT2D eigenvalue weighted by molar-refractivity contribution is -0.125. The van der Waals surface area contributed by atoms with Gasteiger partial charge < -0.3 is 5.32 Å². The van der Waals surface area contributed by atoms with E-state index in [-0.39, 0.29) is 21.6 Å². The van der Waals surface area contributed by atoms with Crippen molar-refractivity contribution in [2.75, 3.05) is 0 Å². The minimum absolute atomic E-state index is 0.0682. The van der Waals surface area contributed by atoms with Crippen molar-refractivity contribution in [2.24, 2.45) is 0 Å². The largest absolute Gasteiger partial charge is 0.350 e. The van der Waals surface area contributed by atoms with Crippen molar-refractivity contribution in [1.29, 1.82) is 0 Å². The summed E-state index contributed by atoms with van der Waals surface area (Å²) in [5.41, 5.74) is -0.910. The van der Waals surface area contributed by atoms with E-state index < -0.39 is 11.6 Å². The fourth-order valence-corrected chi connectivity index (χ4v) is 1.57. The van der Waals surface area contributed by atoms with Gasteiger partial charge >= 0.3 is 0 Å². The number of amides is 1. The maximum atomic E-state index is 11.9. The zero-order chi connectivity index (χ0) is 14.1. The number of carbonyl (C=O) groups excluding carboxylic acids is 1. The Balaban J connectivity index is 3.05. The van der Waals surface area contributed by atoms with Crippen LogP contribution in [0.1, 0.15) is 33.7 Å². The van der Waals surface area contributed by atoms with E-state index in [1.165, 1.54) is 6.33 Å². The summed E-state index contributed by atoms with van der Waals surface area (Å²) in [6.07, 6.45) is 1.21. The Bertz CT molecular complexity index is 520. The number of hydrogen-bond acceptors (Lipinski definition) is 3. The standard InChI is InChI=1S/C11H15Cl2N3O2/c1-6(9(17)15-11(2,3)4)16-5-14-8(13)7(12)10(16)18/h5-6H,1-4H3,(H,15,17). The maximum Gasteiger partial charge on any atom is 0.274 e. The zero-order valence-corrected chi connectivity index (χ0v) is 12.1. The first-order chi connectivity index (χ1) is 8.13. The molecule has 1 heterocycles. The summed E-state index contributed by atoms with van der Waals surface area (Å²) in [5, 5.41) is 2.52. The summed E-state index contributed by atoms with van der Waals surface area (Å²) in [5.74, 6) is -0.287. The van der Waals surface area contributed by atoms with Gasteiger partial charge in [-0.15, -0.1) is 0 Å².